The summed E-state index contributed by atoms with van der Waals surface area (Å²) in [6.07, 6.45) is 10.3. The first-order valence-corrected chi connectivity index (χ1v) is 2.90. The summed E-state index contributed by atoms with van der Waals surface area (Å²) in [5.41, 5.74) is 0.570. The summed E-state index contributed by atoms with van der Waals surface area (Å²) >= 11 is 0. The fourth-order valence-corrected chi connectivity index (χ4v) is 0.555. The van der Waals surface area contributed by atoms with Crippen LogP contribution >= 0.6 is 0 Å². The average Bonchev–Trinajstić information content (AvgIpc) is 1.87. The monoisotopic (exact) mass is 130 g/mol. The summed E-state index contributed by atoms with van der Waals surface area (Å²) in [7, 11) is 0. The molecule has 0 amide bonds. The van der Waals surface area contributed by atoms with Crippen LogP contribution in [-0.2, 0) is 0 Å². The van der Waals surface area contributed by atoms with Gasteiger partial charge in [-0.15, -0.1) is 0 Å². The summed E-state index contributed by atoms with van der Waals surface area (Å²) in [5.74, 6) is 0. The second kappa shape index (κ2) is 3.41. The van der Waals surface area contributed by atoms with Crippen LogP contribution < -0.4 is 0 Å². The molecule has 0 aromatic rings. The van der Waals surface area contributed by atoms with Crippen LogP contribution in [0.15, 0.2) is 41.1 Å². The minimum atomic E-state index is 0.570. The normalized spacial score (nSPS) is 15.3. The van der Waals surface area contributed by atoms with Crippen LogP contribution in [-0.4, -0.2) is 6.21 Å². The highest BCUT2D eigenvalue weighted by atomic mass is 14.7. The molecule has 0 bridgehead atoms. The zero-order valence-corrected chi connectivity index (χ0v) is 5.36. The largest absolute Gasteiger partial charge is 0.263 e. The third-order valence-corrected chi connectivity index (χ3v) is 1.01. The molecule has 0 aliphatic carbocycles. The first-order valence-electron chi connectivity index (χ1n) is 2.90. The molecular weight excluding hydrogens is 124 g/mol. The molecule has 0 saturated heterocycles. The first kappa shape index (κ1) is 6.50. The minimum Gasteiger partial charge on any atom is -0.263 e. The number of rotatable bonds is 0. The Morgan fingerprint density at radius 2 is 2.20 bits per heavy atom. The molecule has 48 valence electrons. The van der Waals surface area contributed by atoms with Crippen molar-refractivity contribution in [3.8, 4) is 6.07 Å². The molecule has 2 nitrogen and oxygen atoms in total. The average molecular weight is 130 g/mol. The van der Waals surface area contributed by atoms with Crippen LogP contribution in [0, 0.1) is 11.3 Å². The minimum absolute atomic E-state index is 0.570. The van der Waals surface area contributed by atoms with Gasteiger partial charge in [-0.2, -0.15) is 5.26 Å². The molecule has 0 N–H and O–H groups in total. The van der Waals surface area contributed by atoms with Gasteiger partial charge in [0.25, 0.3) is 0 Å². The zero-order chi connectivity index (χ0) is 7.23. The van der Waals surface area contributed by atoms with E-state index in [4.69, 9.17) is 5.26 Å². The second-order valence-corrected chi connectivity index (χ2v) is 1.74. The van der Waals surface area contributed by atoms with Gasteiger partial charge in [0.2, 0.25) is 0 Å². The number of nitrogens with zero attached hydrogens (tertiary/aromatic N) is 2. The lowest BCUT2D eigenvalue weighted by molar-refractivity contribution is 1.50. The summed E-state index contributed by atoms with van der Waals surface area (Å²) in [4.78, 5) is 3.84. The SMILES string of the molecule is N#CC1=CC=CC=CN=C1. The number of nitriles is 1. The Labute approximate surface area is 59.5 Å². The van der Waals surface area contributed by atoms with Crippen LogP contribution in [0.5, 0.6) is 0 Å². The van der Waals surface area contributed by atoms with E-state index in [2.05, 4.69) is 4.99 Å². The van der Waals surface area contributed by atoms with E-state index in [-0.39, 0.29) is 0 Å². The van der Waals surface area contributed by atoms with Crippen molar-refractivity contribution in [1.29, 1.82) is 5.26 Å². The molecule has 1 aliphatic rings. The van der Waals surface area contributed by atoms with E-state index in [9.17, 15) is 0 Å². The molecular formula is C8H6N2. The number of hydrogen-bond acceptors (Lipinski definition) is 2. The van der Waals surface area contributed by atoms with E-state index in [0.717, 1.165) is 0 Å². The van der Waals surface area contributed by atoms with Crippen LogP contribution in [0.3, 0.4) is 0 Å². The van der Waals surface area contributed by atoms with Crippen LogP contribution in [0.2, 0.25) is 0 Å². The predicted octanol–water partition coefficient (Wildman–Crippen LogP) is 1.59. The summed E-state index contributed by atoms with van der Waals surface area (Å²) < 4.78 is 0. The molecule has 0 radical (unpaired) electrons. The van der Waals surface area contributed by atoms with Crippen molar-refractivity contribution in [3.63, 3.8) is 0 Å². The van der Waals surface area contributed by atoms with Gasteiger partial charge in [0, 0.05) is 12.4 Å². The van der Waals surface area contributed by atoms with E-state index in [1.54, 1.807) is 24.4 Å². The Hall–Kier alpha value is -1.62. The van der Waals surface area contributed by atoms with E-state index >= 15 is 0 Å². The standard InChI is InChI=1S/C8H6N2/c9-6-8-4-2-1-3-5-10-7-8/h1-5,7H. The lowest BCUT2D eigenvalue weighted by atomic mass is 10.3. The Balaban J connectivity index is 2.86. The quantitative estimate of drug-likeness (QED) is 0.490. The van der Waals surface area contributed by atoms with E-state index in [1.165, 1.54) is 6.21 Å². The van der Waals surface area contributed by atoms with Gasteiger partial charge >= 0.3 is 0 Å². The molecule has 0 saturated carbocycles. The fourth-order valence-electron chi connectivity index (χ4n) is 0.555. The first-order chi connectivity index (χ1) is 4.93. The molecule has 2 heteroatoms. The molecule has 0 aromatic heterocycles. The van der Waals surface area contributed by atoms with Gasteiger partial charge in [-0.1, -0.05) is 12.2 Å². The lowest BCUT2D eigenvalue weighted by Crippen LogP contribution is -1.78. The molecule has 0 fully saturated rings. The van der Waals surface area contributed by atoms with Crippen molar-refractivity contribution in [2.45, 2.75) is 0 Å². The van der Waals surface area contributed by atoms with Gasteiger partial charge in [-0.05, 0) is 12.2 Å². The van der Waals surface area contributed by atoms with Crippen molar-refractivity contribution < 1.29 is 0 Å². The summed E-state index contributed by atoms with van der Waals surface area (Å²) in [6.45, 7) is 0. The van der Waals surface area contributed by atoms with Crippen LogP contribution in [0.1, 0.15) is 0 Å². The third kappa shape index (κ3) is 1.71. The number of allylic oxidation sites excluding steroid dienone is 5. The van der Waals surface area contributed by atoms with Gasteiger partial charge < -0.3 is 0 Å². The molecule has 0 atom stereocenters. The fraction of sp³-hybridized carbons (Fsp3) is 0. The highest BCUT2D eigenvalue weighted by molar-refractivity contribution is 5.84. The molecule has 0 spiro atoms. The topological polar surface area (TPSA) is 36.1 Å². The van der Waals surface area contributed by atoms with Crippen molar-refractivity contribution in [2.24, 2.45) is 4.99 Å². The molecule has 1 aliphatic heterocycles. The van der Waals surface area contributed by atoms with Crippen molar-refractivity contribution in [2.75, 3.05) is 0 Å². The molecule has 1 heterocycles. The highest BCUT2D eigenvalue weighted by Gasteiger charge is 1.85. The van der Waals surface area contributed by atoms with Crippen LogP contribution in [0.25, 0.3) is 0 Å². The summed E-state index contributed by atoms with van der Waals surface area (Å²) in [6, 6.07) is 2.00. The Morgan fingerprint density at radius 3 is 3.00 bits per heavy atom. The van der Waals surface area contributed by atoms with Gasteiger partial charge in [0.1, 0.15) is 6.07 Å². The molecule has 10 heavy (non-hydrogen) atoms. The number of aliphatic imine (C=N–C) groups is 1. The van der Waals surface area contributed by atoms with Crippen molar-refractivity contribution in [1.82, 2.24) is 0 Å². The molecule has 0 aromatic carbocycles. The van der Waals surface area contributed by atoms with Crippen LogP contribution in [0.4, 0.5) is 0 Å². The Morgan fingerprint density at radius 1 is 1.30 bits per heavy atom. The number of hydrogen-bond donors (Lipinski definition) is 0. The highest BCUT2D eigenvalue weighted by Crippen LogP contribution is 1.93. The smallest absolute Gasteiger partial charge is 0.101 e. The molecule has 1 rings (SSSR count). The maximum atomic E-state index is 8.44. The van der Waals surface area contributed by atoms with E-state index in [0.29, 0.717) is 5.57 Å². The van der Waals surface area contributed by atoms with E-state index in [1.807, 2.05) is 12.1 Å². The summed E-state index contributed by atoms with van der Waals surface area (Å²) in [5, 5.41) is 8.44. The van der Waals surface area contributed by atoms with Crippen molar-refractivity contribution in [3.05, 3.63) is 36.1 Å². The van der Waals surface area contributed by atoms with Gasteiger partial charge in [-0.3, -0.25) is 4.99 Å². The Bertz CT molecular complexity index is 261. The van der Waals surface area contributed by atoms with Crippen molar-refractivity contribution >= 4 is 6.21 Å². The molecule has 0 unspecified atom stereocenters. The maximum absolute atomic E-state index is 8.44. The zero-order valence-electron chi connectivity index (χ0n) is 5.36. The third-order valence-electron chi connectivity index (χ3n) is 1.01. The second-order valence-electron chi connectivity index (χ2n) is 1.74. The predicted molar refractivity (Wildman–Crippen MR) is 40.5 cm³/mol. The maximum Gasteiger partial charge on any atom is 0.101 e. The Kier molecular flexibility index (Phi) is 2.22. The van der Waals surface area contributed by atoms with Gasteiger partial charge in [0.15, 0.2) is 0 Å². The lowest BCUT2D eigenvalue weighted by Gasteiger charge is -1.84. The van der Waals surface area contributed by atoms with Gasteiger partial charge in [0.05, 0.1) is 5.57 Å². The van der Waals surface area contributed by atoms with E-state index < -0.39 is 0 Å². The van der Waals surface area contributed by atoms with Gasteiger partial charge in [-0.25, -0.2) is 0 Å².